The van der Waals surface area contributed by atoms with Gasteiger partial charge in [-0.15, -0.1) is 0 Å². The molecule has 5 heteroatoms. The van der Waals surface area contributed by atoms with Crippen molar-refractivity contribution < 1.29 is 9.59 Å². The highest BCUT2D eigenvalue weighted by molar-refractivity contribution is 5.99. The van der Waals surface area contributed by atoms with E-state index >= 15 is 0 Å². The monoisotopic (exact) mass is 263 g/mol. The van der Waals surface area contributed by atoms with Gasteiger partial charge >= 0.3 is 0 Å². The summed E-state index contributed by atoms with van der Waals surface area (Å²) < 4.78 is 0. The molecule has 0 saturated heterocycles. The van der Waals surface area contributed by atoms with E-state index in [2.05, 4.69) is 10.6 Å². The standard InChI is InChI=1S/C14H21N3O2/c1-4-15-8-9-16-13(18)11-6-5-7-12(10-11)14(19)17(2)3/h5-7,10,15H,4,8-9H2,1-3H3,(H,16,18). The average Bonchev–Trinajstić information content (AvgIpc) is 2.42. The van der Waals surface area contributed by atoms with Gasteiger partial charge in [-0.3, -0.25) is 9.59 Å². The van der Waals surface area contributed by atoms with Crippen LogP contribution in [0.4, 0.5) is 0 Å². The van der Waals surface area contributed by atoms with Gasteiger partial charge in [-0.2, -0.15) is 0 Å². The van der Waals surface area contributed by atoms with Crippen LogP contribution in [-0.4, -0.2) is 50.4 Å². The molecule has 0 saturated carbocycles. The molecule has 1 aromatic carbocycles. The lowest BCUT2D eigenvalue weighted by Crippen LogP contribution is -2.32. The lowest BCUT2D eigenvalue weighted by Gasteiger charge is -2.11. The molecule has 5 nitrogen and oxygen atoms in total. The number of hydrogen-bond donors (Lipinski definition) is 2. The van der Waals surface area contributed by atoms with E-state index in [0.29, 0.717) is 17.7 Å². The Morgan fingerprint density at radius 2 is 1.84 bits per heavy atom. The third kappa shape index (κ3) is 4.71. The van der Waals surface area contributed by atoms with Gasteiger partial charge in [0.05, 0.1) is 0 Å². The van der Waals surface area contributed by atoms with E-state index in [1.165, 1.54) is 4.90 Å². The van der Waals surface area contributed by atoms with Crippen molar-refractivity contribution >= 4 is 11.8 Å². The Morgan fingerprint density at radius 3 is 2.47 bits per heavy atom. The number of carbonyl (C=O) groups is 2. The van der Waals surface area contributed by atoms with Crippen LogP contribution in [0.2, 0.25) is 0 Å². The van der Waals surface area contributed by atoms with E-state index in [0.717, 1.165) is 13.1 Å². The van der Waals surface area contributed by atoms with Crippen molar-refractivity contribution in [1.29, 1.82) is 0 Å². The maximum atomic E-state index is 11.9. The first kappa shape index (κ1) is 15.2. The molecule has 0 aromatic heterocycles. The second kappa shape index (κ2) is 7.53. The van der Waals surface area contributed by atoms with E-state index in [1.54, 1.807) is 38.4 Å². The van der Waals surface area contributed by atoms with Gasteiger partial charge in [0.2, 0.25) is 0 Å². The van der Waals surface area contributed by atoms with Gasteiger partial charge in [-0.1, -0.05) is 13.0 Å². The van der Waals surface area contributed by atoms with Crippen molar-refractivity contribution in [2.24, 2.45) is 0 Å². The van der Waals surface area contributed by atoms with Gasteiger partial charge in [0.1, 0.15) is 0 Å². The molecule has 0 radical (unpaired) electrons. The third-order valence-electron chi connectivity index (χ3n) is 2.62. The zero-order valence-electron chi connectivity index (χ0n) is 11.7. The largest absolute Gasteiger partial charge is 0.351 e. The van der Waals surface area contributed by atoms with Gasteiger partial charge in [-0.25, -0.2) is 0 Å². The molecule has 0 aliphatic rings. The summed E-state index contributed by atoms with van der Waals surface area (Å²) in [6, 6.07) is 6.74. The predicted molar refractivity (Wildman–Crippen MR) is 75.3 cm³/mol. The normalized spacial score (nSPS) is 10.1. The third-order valence-corrected chi connectivity index (χ3v) is 2.62. The van der Waals surface area contributed by atoms with Crippen molar-refractivity contribution in [2.75, 3.05) is 33.7 Å². The molecule has 0 unspecified atom stereocenters. The first-order chi connectivity index (χ1) is 9.06. The molecule has 1 rings (SSSR count). The number of nitrogens with zero attached hydrogens (tertiary/aromatic N) is 1. The molecule has 0 fully saturated rings. The smallest absolute Gasteiger partial charge is 0.253 e. The topological polar surface area (TPSA) is 61.4 Å². The molecule has 0 heterocycles. The van der Waals surface area contributed by atoms with Crippen LogP contribution in [0.1, 0.15) is 27.6 Å². The molecule has 0 spiro atoms. The minimum atomic E-state index is -0.161. The Balaban J connectivity index is 2.65. The molecular formula is C14H21N3O2. The second-order valence-electron chi connectivity index (χ2n) is 4.39. The first-order valence-electron chi connectivity index (χ1n) is 6.37. The van der Waals surface area contributed by atoms with Crippen LogP contribution in [0.5, 0.6) is 0 Å². The van der Waals surface area contributed by atoms with Crippen LogP contribution in [-0.2, 0) is 0 Å². The summed E-state index contributed by atoms with van der Waals surface area (Å²) in [6.07, 6.45) is 0. The average molecular weight is 263 g/mol. The molecule has 19 heavy (non-hydrogen) atoms. The van der Waals surface area contributed by atoms with Crippen LogP contribution in [0.15, 0.2) is 24.3 Å². The summed E-state index contributed by atoms with van der Waals surface area (Å²) in [7, 11) is 3.37. The minimum Gasteiger partial charge on any atom is -0.351 e. The Bertz CT molecular complexity index is 444. The van der Waals surface area contributed by atoms with Crippen molar-refractivity contribution in [3.63, 3.8) is 0 Å². The maximum Gasteiger partial charge on any atom is 0.253 e. The van der Waals surface area contributed by atoms with Gasteiger partial charge in [-0.05, 0) is 24.7 Å². The van der Waals surface area contributed by atoms with Crippen molar-refractivity contribution in [3.8, 4) is 0 Å². The molecule has 1 aromatic rings. The predicted octanol–water partition coefficient (Wildman–Crippen LogP) is 0.728. The number of benzene rings is 1. The Hall–Kier alpha value is -1.88. The molecule has 0 bridgehead atoms. The summed E-state index contributed by atoms with van der Waals surface area (Å²) in [5.41, 5.74) is 1.02. The minimum absolute atomic E-state index is 0.109. The fraction of sp³-hybridized carbons (Fsp3) is 0.429. The first-order valence-corrected chi connectivity index (χ1v) is 6.37. The van der Waals surface area contributed by atoms with Crippen LogP contribution < -0.4 is 10.6 Å². The Labute approximate surface area is 114 Å². The fourth-order valence-corrected chi connectivity index (χ4v) is 1.59. The van der Waals surface area contributed by atoms with E-state index in [4.69, 9.17) is 0 Å². The molecule has 2 N–H and O–H groups in total. The summed E-state index contributed by atoms with van der Waals surface area (Å²) in [6.45, 7) is 4.19. The number of nitrogens with one attached hydrogen (secondary N) is 2. The number of carbonyl (C=O) groups excluding carboxylic acids is 2. The van der Waals surface area contributed by atoms with E-state index in [1.807, 2.05) is 6.92 Å². The van der Waals surface area contributed by atoms with Crippen LogP contribution >= 0.6 is 0 Å². The molecule has 0 aliphatic carbocycles. The summed E-state index contributed by atoms with van der Waals surface area (Å²) in [5, 5.41) is 5.93. The van der Waals surface area contributed by atoms with Gasteiger partial charge in [0.25, 0.3) is 11.8 Å². The molecule has 2 amide bonds. The van der Waals surface area contributed by atoms with E-state index < -0.39 is 0 Å². The van der Waals surface area contributed by atoms with Crippen LogP contribution in [0.3, 0.4) is 0 Å². The number of amides is 2. The maximum absolute atomic E-state index is 11.9. The molecule has 0 atom stereocenters. The van der Waals surface area contributed by atoms with Crippen LogP contribution in [0.25, 0.3) is 0 Å². The van der Waals surface area contributed by atoms with Crippen molar-refractivity contribution in [2.45, 2.75) is 6.92 Å². The highest BCUT2D eigenvalue weighted by Gasteiger charge is 2.11. The fourth-order valence-electron chi connectivity index (χ4n) is 1.59. The van der Waals surface area contributed by atoms with E-state index in [9.17, 15) is 9.59 Å². The van der Waals surface area contributed by atoms with E-state index in [-0.39, 0.29) is 11.8 Å². The molecule has 0 aliphatic heterocycles. The van der Waals surface area contributed by atoms with Gasteiger partial charge in [0.15, 0.2) is 0 Å². The Kier molecular flexibility index (Phi) is 6.02. The van der Waals surface area contributed by atoms with Crippen LogP contribution in [0, 0.1) is 0 Å². The second-order valence-corrected chi connectivity index (χ2v) is 4.39. The lowest BCUT2D eigenvalue weighted by atomic mass is 10.1. The highest BCUT2D eigenvalue weighted by Crippen LogP contribution is 2.07. The van der Waals surface area contributed by atoms with Crippen molar-refractivity contribution in [3.05, 3.63) is 35.4 Å². The summed E-state index contributed by atoms with van der Waals surface area (Å²) >= 11 is 0. The quantitative estimate of drug-likeness (QED) is 0.744. The zero-order valence-corrected chi connectivity index (χ0v) is 11.7. The SMILES string of the molecule is CCNCCNC(=O)c1cccc(C(=O)N(C)C)c1. The highest BCUT2D eigenvalue weighted by atomic mass is 16.2. The summed E-state index contributed by atoms with van der Waals surface area (Å²) in [4.78, 5) is 25.2. The lowest BCUT2D eigenvalue weighted by molar-refractivity contribution is 0.0827. The number of rotatable bonds is 6. The number of hydrogen-bond acceptors (Lipinski definition) is 3. The van der Waals surface area contributed by atoms with Gasteiger partial charge < -0.3 is 15.5 Å². The van der Waals surface area contributed by atoms with Gasteiger partial charge in [0, 0.05) is 38.3 Å². The summed E-state index contributed by atoms with van der Waals surface area (Å²) in [5.74, 6) is -0.270. The molecular weight excluding hydrogens is 242 g/mol. The zero-order chi connectivity index (χ0) is 14.3. The van der Waals surface area contributed by atoms with Crippen molar-refractivity contribution in [1.82, 2.24) is 15.5 Å². The molecule has 104 valence electrons. The Morgan fingerprint density at radius 1 is 1.16 bits per heavy atom. The number of likely N-dealkylation sites (N-methyl/N-ethyl adjacent to an activating group) is 1.